The minimum Gasteiger partial charge on any atom is -0.490 e. The first kappa shape index (κ1) is 22.6. The molecule has 2 fully saturated rings. The summed E-state index contributed by atoms with van der Waals surface area (Å²) in [5.74, 6) is 2.55. The van der Waals surface area contributed by atoms with Gasteiger partial charge in [0.05, 0.1) is 6.54 Å². The van der Waals surface area contributed by atoms with E-state index in [1.54, 1.807) is 28.8 Å². The monoisotopic (exact) mass is 478 g/mol. The van der Waals surface area contributed by atoms with Crippen molar-refractivity contribution in [2.24, 2.45) is 0 Å². The second-order valence-corrected chi connectivity index (χ2v) is 10.6. The van der Waals surface area contributed by atoms with Crippen molar-refractivity contribution < 1.29 is 14.3 Å². The molecule has 1 amide bonds. The zero-order chi connectivity index (χ0) is 21.6. The molecular weight excluding hydrogens is 452 g/mol. The van der Waals surface area contributed by atoms with Gasteiger partial charge in [-0.2, -0.15) is 0 Å². The third kappa shape index (κ3) is 6.48. The summed E-state index contributed by atoms with van der Waals surface area (Å²) in [5, 5.41) is 4.69. The first-order valence-electron chi connectivity index (χ1n) is 10.5. The van der Waals surface area contributed by atoms with Crippen molar-refractivity contribution in [2.75, 3.05) is 31.3 Å². The molecule has 0 aromatic heterocycles. The van der Waals surface area contributed by atoms with Crippen molar-refractivity contribution in [3.8, 4) is 5.75 Å². The van der Waals surface area contributed by atoms with E-state index in [0.29, 0.717) is 29.2 Å². The van der Waals surface area contributed by atoms with Crippen LogP contribution in [0.4, 0.5) is 4.79 Å². The highest BCUT2D eigenvalue weighted by atomic mass is 35.5. The van der Waals surface area contributed by atoms with Gasteiger partial charge in [0.2, 0.25) is 0 Å². The van der Waals surface area contributed by atoms with E-state index in [0.717, 1.165) is 24.6 Å². The van der Waals surface area contributed by atoms with Gasteiger partial charge in [0.15, 0.2) is 6.10 Å². The first-order chi connectivity index (χ1) is 15.1. The summed E-state index contributed by atoms with van der Waals surface area (Å²) in [6.07, 6.45) is 0.559. The van der Waals surface area contributed by atoms with Crippen LogP contribution < -0.4 is 10.1 Å². The van der Waals surface area contributed by atoms with Crippen LogP contribution in [-0.2, 0) is 11.2 Å². The van der Waals surface area contributed by atoms with Gasteiger partial charge >= 0.3 is 6.09 Å². The Labute approximate surface area is 197 Å². The number of benzene rings is 2. The number of hydrogen-bond acceptors (Lipinski definition) is 6. The Bertz CT molecular complexity index is 877. The Morgan fingerprint density at radius 3 is 2.90 bits per heavy atom. The summed E-state index contributed by atoms with van der Waals surface area (Å²) in [6, 6.07) is 16.1. The molecule has 2 aliphatic rings. The highest BCUT2D eigenvalue weighted by Crippen LogP contribution is 2.26. The summed E-state index contributed by atoms with van der Waals surface area (Å²) in [5.41, 5.74) is 1.38. The Balaban J connectivity index is 1.21. The van der Waals surface area contributed by atoms with Crippen molar-refractivity contribution in [1.29, 1.82) is 0 Å². The van der Waals surface area contributed by atoms with Gasteiger partial charge in [0.1, 0.15) is 12.4 Å². The maximum atomic E-state index is 12.3. The van der Waals surface area contributed by atoms with Crippen molar-refractivity contribution in [2.45, 2.75) is 35.6 Å². The number of hydrogen-bond donors (Lipinski definition) is 1. The lowest BCUT2D eigenvalue weighted by Gasteiger charge is -2.21. The number of amides is 1. The molecule has 31 heavy (non-hydrogen) atoms. The van der Waals surface area contributed by atoms with Crippen LogP contribution in [0.1, 0.15) is 12.5 Å². The number of thioether (sulfide) groups is 2. The van der Waals surface area contributed by atoms with E-state index in [2.05, 4.69) is 36.5 Å². The number of rotatable bonds is 9. The van der Waals surface area contributed by atoms with E-state index in [9.17, 15) is 4.79 Å². The fourth-order valence-electron chi connectivity index (χ4n) is 3.61. The molecule has 0 spiro atoms. The molecule has 0 radical (unpaired) electrons. The average molecular weight is 479 g/mol. The maximum Gasteiger partial charge on any atom is 0.410 e. The SMILES string of the molecule is CC(CSc1ccc(CC2CNCS2)cc1)N1CC(COc2cccc(Cl)c2)OC1=O. The maximum absolute atomic E-state index is 12.3. The van der Waals surface area contributed by atoms with Crippen LogP contribution >= 0.6 is 35.1 Å². The quantitative estimate of drug-likeness (QED) is 0.516. The van der Waals surface area contributed by atoms with Crippen LogP contribution in [-0.4, -0.2) is 59.7 Å². The zero-order valence-electron chi connectivity index (χ0n) is 17.5. The molecule has 0 bridgehead atoms. The summed E-state index contributed by atoms with van der Waals surface area (Å²) in [4.78, 5) is 15.3. The number of carbonyl (C=O) groups is 1. The fraction of sp³-hybridized carbons (Fsp3) is 0.435. The van der Waals surface area contributed by atoms with Crippen LogP contribution in [0.2, 0.25) is 5.02 Å². The normalized spacial score (nSPS) is 21.9. The van der Waals surface area contributed by atoms with Crippen molar-refractivity contribution in [1.82, 2.24) is 10.2 Å². The molecule has 2 aromatic carbocycles. The summed E-state index contributed by atoms with van der Waals surface area (Å²) >= 11 is 9.74. The zero-order valence-corrected chi connectivity index (χ0v) is 19.8. The summed E-state index contributed by atoms with van der Waals surface area (Å²) < 4.78 is 11.2. The largest absolute Gasteiger partial charge is 0.490 e. The van der Waals surface area contributed by atoms with E-state index in [-0.39, 0.29) is 18.2 Å². The van der Waals surface area contributed by atoms with Gasteiger partial charge in [-0.1, -0.05) is 29.8 Å². The van der Waals surface area contributed by atoms with Gasteiger partial charge < -0.3 is 19.7 Å². The smallest absolute Gasteiger partial charge is 0.410 e. The predicted molar refractivity (Wildman–Crippen MR) is 129 cm³/mol. The number of ether oxygens (including phenoxy) is 2. The van der Waals surface area contributed by atoms with Gasteiger partial charge in [-0.15, -0.1) is 23.5 Å². The van der Waals surface area contributed by atoms with Gasteiger partial charge in [-0.25, -0.2) is 4.79 Å². The molecule has 4 rings (SSSR count). The van der Waals surface area contributed by atoms with Crippen LogP contribution in [0.25, 0.3) is 0 Å². The number of nitrogens with one attached hydrogen (secondary N) is 1. The molecule has 1 N–H and O–H groups in total. The van der Waals surface area contributed by atoms with Gasteiger partial charge in [-0.05, 0) is 49.2 Å². The second-order valence-electron chi connectivity index (χ2n) is 7.82. The predicted octanol–water partition coefficient (Wildman–Crippen LogP) is 4.93. The van der Waals surface area contributed by atoms with E-state index in [4.69, 9.17) is 21.1 Å². The van der Waals surface area contributed by atoms with Crippen LogP contribution in [0.3, 0.4) is 0 Å². The molecule has 2 aromatic rings. The molecule has 3 unspecified atom stereocenters. The number of carbonyl (C=O) groups excluding carboxylic acids is 1. The minimum atomic E-state index is -0.277. The number of halogens is 1. The molecule has 2 aliphatic heterocycles. The Morgan fingerprint density at radius 2 is 2.16 bits per heavy atom. The Morgan fingerprint density at radius 1 is 1.32 bits per heavy atom. The fourth-order valence-corrected chi connectivity index (χ4v) is 5.75. The molecule has 166 valence electrons. The average Bonchev–Trinajstić information content (AvgIpc) is 3.41. The summed E-state index contributed by atoms with van der Waals surface area (Å²) in [6.45, 7) is 4.01. The van der Waals surface area contributed by atoms with Crippen LogP contribution in [0, 0.1) is 0 Å². The molecule has 5 nitrogen and oxygen atoms in total. The molecule has 8 heteroatoms. The molecule has 2 saturated heterocycles. The minimum absolute atomic E-state index is 0.0781. The highest BCUT2D eigenvalue weighted by molar-refractivity contribution is 8.00. The summed E-state index contributed by atoms with van der Waals surface area (Å²) in [7, 11) is 0. The number of cyclic esters (lactones) is 1. The standard InChI is InChI=1S/C23H27ClN2O3S2/c1-16(14-30-21-7-5-17(6-8-21)9-22-11-25-15-31-22)26-12-20(29-23(26)27)13-28-19-4-2-3-18(24)10-19/h2-8,10,16,20,22,25H,9,11-15H2,1H3. The van der Waals surface area contributed by atoms with Crippen molar-refractivity contribution >= 4 is 41.2 Å². The lowest BCUT2D eigenvalue weighted by molar-refractivity contribution is 0.102. The molecule has 0 aliphatic carbocycles. The molecule has 2 heterocycles. The van der Waals surface area contributed by atoms with Crippen LogP contribution in [0.5, 0.6) is 5.75 Å². The molecular formula is C23H27ClN2O3S2. The highest BCUT2D eigenvalue weighted by Gasteiger charge is 2.34. The van der Waals surface area contributed by atoms with Gasteiger partial charge in [0.25, 0.3) is 0 Å². The number of nitrogens with zero attached hydrogens (tertiary/aromatic N) is 1. The third-order valence-corrected chi connectivity index (χ3v) is 8.00. The second kappa shape index (κ2) is 10.9. The van der Waals surface area contributed by atoms with E-state index in [1.165, 1.54) is 10.5 Å². The third-order valence-electron chi connectivity index (χ3n) is 5.34. The van der Waals surface area contributed by atoms with E-state index < -0.39 is 0 Å². The Kier molecular flexibility index (Phi) is 7.93. The topological polar surface area (TPSA) is 50.8 Å². The van der Waals surface area contributed by atoms with Crippen molar-refractivity contribution in [3.05, 3.63) is 59.1 Å². The lowest BCUT2D eigenvalue weighted by Crippen LogP contribution is -2.36. The first-order valence-corrected chi connectivity index (χ1v) is 12.9. The molecule has 0 saturated carbocycles. The van der Waals surface area contributed by atoms with Gasteiger partial charge in [0, 0.05) is 39.4 Å². The van der Waals surface area contributed by atoms with Crippen molar-refractivity contribution in [3.63, 3.8) is 0 Å². The Hall–Kier alpha value is -1.54. The molecule has 3 atom stereocenters. The lowest BCUT2D eigenvalue weighted by atomic mass is 10.1. The van der Waals surface area contributed by atoms with E-state index >= 15 is 0 Å². The van der Waals surface area contributed by atoms with Crippen LogP contribution in [0.15, 0.2) is 53.4 Å². The van der Waals surface area contributed by atoms with E-state index in [1.807, 2.05) is 23.9 Å². The van der Waals surface area contributed by atoms with Gasteiger partial charge in [-0.3, -0.25) is 0 Å².